The van der Waals surface area contributed by atoms with Crippen LogP contribution in [0.2, 0.25) is 0 Å². The Labute approximate surface area is 118 Å². The number of hydroxylamine groups is 4. The van der Waals surface area contributed by atoms with Crippen molar-refractivity contribution in [3.8, 4) is 0 Å². The Morgan fingerprint density at radius 1 is 1.00 bits per heavy atom. The van der Waals surface area contributed by atoms with Gasteiger partial charge in [0, 0.05) is 25.5 Å². The molecule has 0 N–H and O–H groups in total. The number of carbonyl (C=O) groups excluding carboxylic acids is 2. The molecule has 0 saturated carbocycles. The Kier molecular flexibility index (Phi) is 6.08. The third kappa shape index (κ3) is 3.52. The number of pyridine rings is 1. The Hall–Kier alpha value is -1.99. The maximum absolute atomic E-state index is 12.1. The van der Waals surface area contributed by atoms with E-state index in [1.165, 1.54) is 42.8 Å². The summed E-state index contributed by atoms with van der Waals surface area (Å²) >= 11 is 0. The molecule has 110 valence electrons. The highest BCUT2D eigenvalue weighted by atomic mass is 16.7. The largest absolute Gasteiger partial charge is 0.278 e. The van der Waals surface area contributed by atoms with Crippen LogP contribution < -0.4 is 0 Å². The molecule has 0 spiro atoms. The van der Waals surface area contributed by atoms with E-state index in [1.807, 2.05) is 0 Å². The fourth-order valence-corrected chi connectivity index (χ4v) is 1.67. The minimum absolute atomic E-state index is 0.284. The van der Waals surface area contributed by atoms with Gasteiger partial charge in [0.05, 0.1) is 25.3 Å². The molecule has 7 heteroatoms. The predicted octanol–water partition coefficient (Wildman–Crippen LogP) is 1.13. The molecule has 0 fully saturated rings. The van der Waals surface area contributed by atoms with Gasteiger partial charge in [-0.15, -0.1) is 0 Å². The monoisotopic (exact) mass is 281 g/mol. The summed E-state index contributed by atoms with van der Waals surface area (Å²) < 4.78 is 0. The number of hydrogen-bond donors (Lipinski definition) is 0. The van der Waals surface area contributed by atoms with Crippen LogP contribution >= 0.6 is 0 Å². The molecule has 0 bridgehead atoms. The number of nitrogens with zero attached hydrogens (tertiary/aromatic N) is 3. The molecule has 7 nitrogen and oxygen atoms in total. The molecule has 1 aromatic rings. The normalized spacial score (nSPS) is 10.2. The van der Waals surface area contributed by atoms with Gasteiger partial charge in [0.1, 0.15) is 0 Å². The number of aromatic nitrogens is 1. The van der Waals surface area contributed by atoms with Crippen molar-refractivity contribution in [1.29, 1.82) is 0 Å². The zero-order chi connectivity index (χ0) is 15.1. The number of rotatable bonds is 6. The standard InChI is InChI=1S/C13H19N3O4/c1-5-15(19-3)12(17)10-7-11(9-14-8-10)13(18)16(6-2)20-4/h7-9H,5-6H2,1-4H3. The van der Waals surface area contributed by atoms with Crippen LogP contribution in [0.1, 0.15) is 34.6 Å². The van der Waals surface area contributed by atoms with Crippen LogP contribution in [0, 0.1) is 0 Å². The third-order valence-electron chi connectivity index (χ3n) is 2.70. The summed E-state index contributed by atoms with van der Waals surface area (Å²) in [6, 6.07) is 1.47. The van der Waals surface area contributed by atoms with E-state index in [4.69, 9.17) is 9.68 Å². The molecular weight excluding hydrogens is 262 g/mol. The summed E-state index contributed by atoms with van der Waals surface area (Å²) in [4.78, 5) is 38.0. The van der Waals surface area contributed by atoms with Crippen molar-refractivity contribution < 1.29 is 19.3 Å². The molecule has 0 saturated heterocycles. The first kappa shape index (κ1) is 16.1. The van der Waals surface area contributed by atoms with Gasteiger partial charge in [0.2, 0.25) is 0 Å². The Balaban J connectivity index is 3.01. The first-order chi connectivity index (χ1) is 9.58. The zero-order valence-electron chi connectivity index (χ0n) is 12.1. The fourth-order valence-electron chi connectivity index (χ4n) is 1.67. The zero-order valence-corrected chi connectivity index (χ0v) is 12.1. The molecule has 1 rings (SSSR count). The lowest BCUT2D eigenvalue weighted by Crippen LogP contribution is -2.31. The van der Waals surface area contributed by atoms with Gasteiger partial charge in [-0.3, -0.25) is 24.2 Å². The van der Waals surface area contributed by atoms with E-state index in [1.54, 1.807) is 13.8 Å². The summed E-state index contributed by atoms with van der Waals surface area (Å²) in [6.07, 6.45) is 2.79. The Morgan fingerprint density at radius 2 is 1.40 bits per heavy atom. The van der Waals surface area contributed by atoms with Gasteiger partial charge >= 0.3 is 0 Å². The molecule has 0 aliphatic carbocycles. The van der Waals surface area contributed by atoms with Gasteiger partial charge in [0.25, 0.3) is 11.8 Å². The summed E-state index contributed by atoms with van der Waals surface area (Å²) in [5, 5.41) is 2.36. The topological polar surface area (TPSA) is 72.0 Å². The maximum atomic E-state index is 12.1. The second-order valence-electron chi connectivity index (χ2n) is 3.83. The van der Waals surface area contributed by atoms with E-state index in [-0.39, 0.29) is 22.9 Å². The summed E-state index contributed by atoms with van der Waals surface area (Å²) in [5.41, 5.74) is 0.568. The van der Waals surface area contributed by atoms with Crippen LogP contribution in [0.15, 0.2) is 18.5 Å². The van der Waals surface area contributed by atoms with E-state index in [9.17, 15) is 9.59 Å². The lowest BCUT2D eigenvalue weighted by atomic mass is 10.2. The van der Waals surface area contributed by atoms with E-state index in [0.717, 1.165) is 0 Å². The van der Waals surface area contributed by atoms with Gasteiger partial charge in [-0.05, 0) is 19.9 Å². The highest BCUT2D eigenvalue weighted by Gasteiger charge is 2.19. The summed E-state index contributed by atoms with van der Waals surface area (Å²) in [6.45, 7) is 4.36. The predicted molar refractivity (Wildman–Crippen MR) is 71.7 cm³/mol. The smallest absolute Gasteiger partial charge is 0.274 e. The SMILES string of the molecule is CCN(OC)C(=O)c1cncc(C(=O)N(CC)OC)c1. The summed E-state index contributed by atoms with van der Waals surface area (Å²) in [5.74, 6) is -0.699. The average Bonchev–Trinajstić information content (AvgIpc) is 2.49. The Bertz CT molecular complexity index is 431. The first-order valence-electron chi connectivity index (χ1n) is 6.25. The number of hydrogen-bond acceptors (Lipinski definition) is 5. The van der Waals surface area contributed by atoms with Crippen molar-refractivity contribution in [3.63, 3.8) is 0 Å². The molecule has 0 radical (unpaired) electrons. The molecule has 1 aromatic heterocycles. The van der Waals surface area contributed by atoms with Crippen molar-refractivity contribution in [2.24, 2.45) is 0 Å². The second-order valence-corrected chi connectivity index (χ2v) is 3.83. The van der Waals surface area contributed by atoms with Crippen LogP contribution in [-0.4, -0.2) is 54.2 Å². The van der Waals surface area contributed by atoms with Crippen molar-refractivity contribution >= 4 is 11.8 Å². The van der Waals surface area contributed by atoms with E-state index in [2.05, 4.69) is 4.98 Å². The quantitative estimate of drug-likeness (QED) is 0.731. The molecule has 0 aliphatic heterocycles. The average molecular weight is 281 g/mol. The van der Waals surface area contributed by atoms with Crippen LogP contribution in [0.25, 0.3) is 0 Å². The van der Waals surface area contributed by atoms with E-state index >= 15 is 0 Å². The highest BCUT2D eigenvalue weighted by Crippen LogP contribution is 2.09. The fraction of sp³-hybridized carbons (Fsp3) is 0.462. The van der Waals surface area contributed by atoms with Gasteiger partial charge in [-0.1, -0.05) is 0 Å². The maximum Gasteiger partial charge on any atom is 0.278 e. The van der Waals surface area contributed by atoms with Crippen LogP contribution in [0.3, 0.4) is 0 Å². The van der Waals surface area contributed by atoms with Gasteiger partial charge in [-0.25, -0.2) is 10.1 Å². The first-order valence-corrected chi connectivity index (χ1v) is 6.25. The molecule has 0 aliphatic rings. The minimum Gasteiger partial charge on any atom is -0.274 e. The molecular formula is C13H19N3O4. The molecule has 20 heavy (non-hydrogen) atoms. The second kappa shape index (κ2) is 7.56. The molecule has 0 unspecified atom stereocenters. The minimum atomic E-state index is -0.349. The Morgan fingerprint density at radius 3 is 1.70 bits per heavy atom. The van der Waals surface area contributed by atoms with Gasteiger partial charge < -0.3 is 0 Å². The third-order valence-corrected chi connectivity index (χ3v) is 2.70. The van der Waals surface area contributed by atoms with Crippen LogP contribution in [0.4, 0.5) is 0 Å². The van der Waals surface area contributed by atoms with Crippen molar-refractivity contribution in [3.05, 3.63) is 29.6 Å². The molecule has 2 amide bonds. The van der Waals surface area contributed by atoms with Gasteiger partial charge in [0.15, 0.2) is 0 Å². The van der Waals surface area contributed by atoms with Crippen molar-refractivity contribution in [2.75, 3.05) is 27.3 Å². The van der Waals surface area contributed by atoms with Crippen LogP contribution in [0.5, 0.6) is 0 Å². The lowest BCUT2D eigenvalue weighted by molar-refractivity contribution is -0.0920. The summed E-state index contributed by atoms with van der Waals surface area (Å²) in [7, 11) is 2.82. The molecule has 0 aromatic carbocycles. The van der Waals surface area contributed by atoms with Gasteiger partial charge in [-0.2, -0.15) is 0 Å². The number of amides is 2. The number of carbonyl (C=O) groups is 2. The lowest BCUT2D eigenvalue weighted by Gasteiger charge is -2.19. The van der Waals surface area contributed by atoms with Crippen molar-refractivity contribution in [1.82, 2.24) is 15.1 Å². The van der Waals surface area contributed by atoms with E-state index in [0.29, 0.717) is 13.1 Å². The molecule has 1 heterocycles. The van der Waals surface area contributed by atoms with Crippen LogP contribution in [-0.2, 0) is 9.68 Å². The van der Waals surface area contributed by atoms with E-state index < -0.39 is 0 Å². The molecule has 0 atom stereocenters. The van der Waals surface area contributed by atoms with Crippen molar-refractivity contribution in [2.45, 2.75) is 13.8 Å². The highest BCUT2D eigenvalue weighted by molar-refractivity contribution is 5.98.